The maximum atomic E-state index is 5.91. The van der Waals surface area contributed by atoms with E-state index in [9.17, 15) is 0 Å². The van der Waals surface area contributed by atoms with Gasteiger partial charge < -0.3 is 9.73 Å². The summed E-state index contributed by atoms with van der Waals surface area (Å²) in [6, 6.07) is 8.54. The number of rotatable bonds is 6. The number of hydrogen-bond acceptors (Lipinski definition) is 2. The zero-order valence-corrected chi connectivity index (χ0v) is 11.6. The van der Waals surface area contributed by atoms with E-state index in [0.717, 1.165) is 30.9 Å². The van der Waals surface area contributed by atoms with Crippen molar-refractivity contribution in [1.29, 1.82) is 0 Å². The van der Waals surface area contributed by atoms with Gasteiger partial charge in [-0.2, -0.15) is 0 Å². The Morgan fingerprint density at radius 3 is 2.83 bits per heavy atom. The molecule has 2 aromatic rings. The van der Waals surface area contributed by atoms with Crippen LogP contribution in [0.2, 0.25) is 0 Å². The van der Waals surface area contributed by atoms with Crippen LogP contribution in [0.1, 0.15) is 43.9 Å². The highest BCUT2D eigenvalue weighted by Gasteiger charge is 2.11. The first-order valence-corrected chi connectivity index (χ1v) is 6.91. The Morgan fingerprint density at radius 2 is 2.06 bits per heavy atom. The maximum absolute atomic E-state index is 5.91. The maximum Gasteiger partial charge on any atom is 0.134 e. The van der Waals surface area contributed by atoms with Crippen molar-refractivity contribution in [3.63, 3.8) is 0 Å². The van der Waals surface area contributed by atoms with Gasteiger partial charge in [-0.15, -0.1) is 0 Å². The number of aryl methyl sites for hydroxylation is 1. The Labute approximate surface area is 109 Å². The summed E-state index contributed by atoms with van der Waals surface area (Å²) in [7, 11) is 0. The Hall–Kier alpha value is -1.28. The first-order chi connectivity index (χ1) is 8.70. The van der Waals surface area contributed by atoms with Crippen LogP contribution >= 0.6 is 0 Å². The second kappa shape index (κ2) is 6.05. The molecule has 0 saturated carbocycles. The molecule has 2 rings (SSSR count). The number of fused-ring (bicyclic) bond motifs is 1. The molecule has 1 heterocycles. The predicted molar refractivity (Wildman–Crippen MR) is 77.1 cm³/mol. The van der Waals surface area contributed by atoms with Crippen LogP contribution in [0.3, 0.4) is 0 Å². The summed E-state index contributed by atoms with van der Waals surface area (Å²) < 4.78 is 5.91. The van der Waals surface area contributed by atoms with Crippen LogP contribution in [0.15, 0.2) is 28.7 Å². The van der Waals surface area contributed by atoms with Gasteiger partial charge in [0.05, 0.1) is 0 Å². The third-order valence-corrected chi connectivity index (χ3v) is 3.36. The summed E-state index contributed by atoms with van der Waals surface area (Å²) in [6.45, 7) is 8.71. The Morgan fingerprint density at radius 1 is 1.22 bits per heavy atom. The number of furan rings is 1. The molecule has 1 unspecified atom stereocenters. The molecule has 1 atom stereocenters. The van der Waals surface area contributed by atoms with Gasteiger partial charge in [0.2, 0.25) is 0 Å². The van der Waals surface area contributed by atoms with Crippen molar-refractivity contribution < 1.29 is 4.42 Å². The second-order valence-corrected chi connectivity index (χ2v) is 5.13. The van der Waals surface area contributed by atoms with Crippen LogP contribution in [-0.2, 0) is 0 Å². The number of hydrogen-bond donors (Lipinski definition) is 1. The van der Waals surface area contributed by atoms with Crippen LogP contribution in [0.5, 0.6) is 0 Å². The third-order valence-electron chi connectivity index (χ3n) is 3.36. The van der Waals surface area contributed by atoms with Gasteiger partial charge >= 0.3 is 0 Å². The van der Waals surface area contributed by atoms with E-state index in [1.54, 1.807) is 0 Å². The zero-order chi connectivity index (χ0) is 13.0. The van der Waals surface area contributed by atoms with E-state index in [2.05, 4.69) is 50.4 Å². The molecule has 18 heavy (non-hydrogen) atoms. The van der Waals surface area contributed by atoms with Gasteiger partial charge in [0.15, 0.2) is 0 Å². The summed E-state index contributed by atoms with van der Waals surface area (Å²) in [5, 5.41) is 4.66. The quantitative estimate of drug-likeness (QED) is 0.770. The standard InChI is InChI=1S/C16H23NO/c1-4-8-17-9-7-13(3)16-11-14-10-12(2)5-6-15(14)18-16/h5-6,10-11,13,17H,4,7-9H2,1-3H3. The molecule has 0 spiro atoms. The lowest BCUT2D eigenvalue weighted by molar-refractivity contribution is 0.478. The minimum Gasteiger partial charge on any atom is -0.461 e. The molecular weight excluding hydrogens is 222 g/mol. The molecule has 0 radical (unpaired) electrons. The number of benzene rings is 1. The van der Waals surface area contributed by atoms with Gasteiger partial charge in [-0.05, 0) is 51.1 Å². The van der Waals surface area contributed by atoms with Crippen molar-refractivity contribution in [1.82, 2.24) is 5.32 Å². The highest BCUT2D eigenvalue weighted by molar-refractivity contribution is 5.78. The van der Waals surface area contributed by atoms with Crippen molar-refractivity contribution in [2.24, 2.45) is 0 Å². The molecule has 0 amide bonds. The van der Waals surface area contributed by atoms with Gasteiger partial charge in [-0.1, -0.05) is 25.5 Å². The zero-order valence-electron chi connectivity index (χ0n) is 11.6. The van der Waals surface area contributed by atoms with Gasteiger partial charge in [-0.25, -0.2) is 0 Å². The molecule has 2 heteroatoms. The first kappa shape index (κ1) is 13.2. The minimum atomic E-state index is 0.474. The SMILES string of the molecule is CCCNCCC(C)c1cc2cc(C)ccc2o1. The van der Waals surface area contributed by atoms with E-state index in [4.69, 9.17) is 4.42 Å². The summed E-state index contributed by atoms with van der Waals surface area (Å²) in [5.41, 5.74) is 2.29. The largest absolute Gasteiger partial charge is 0.461 e. The minimum absolute atomic E-state index is 0.474. The molecule has 1 N–H and O–H groups in total. The molecule has 2 nitrogen and oxygen atoms in total. The fourth-order valence-electron chi connectivity index (χ4n) is 2.19. The summed E-state index contributed by atoms with van der Waals surface area (Å²) in [4.78, 5) is 0. The molecular formula is C16H23NO. The normalized spacial score (nSPS) is 13.1. The van der Waals surface area contributed by atoms with Crippen molar-refractivity contribution in [3.8, 4) is 0 Å². The fraction of sp³-hybridized carbons (Fsp3) is 0.500. The summed E-state index contributed by atoms with van der Waals surface area (Å²) in [6.07, 6.45) is 2.32. The number of nitrogens with one attached hydrogen (secondary N) is 1. The van der Waals surface area contributed by atoms with Crippen LogP contribution in [0.25, 0.3) is 11.0 Å². The van der Waals surface area contributed by atoms with Crippen molar-refractivity contribution in [2.45, 2.75) is 39.5 Å². The highest BCUT2D eigenvalue weighted by atomic mass is 16.3. The van der Waals surface area contributed by atoms with Gasteiger partial charge in [0.1, 0.15) is 11.3 Å². The van der Waals surface area contributed by atoms with E-state index < -0.39 is 0 Å². The van der Waals surface area contributed by atoms with Gasteiger partial charge in [0.25, 0.3) is 0 Å². The molecule has 1 aromatic heterocycles. The van der Waals surface area contributed by atoms with E-state index in [-0.39, 0.29) is 0 Å². The lowest BCUT2D eigenvalue weighted by Crippen LogP contribution is -2.17. The Bertz CT molecular complexity index is 501. The topological polar surface area (TPSA) is 25.2 Å². The molecule has 0 fully saturated rings. The van der Waals surface area contributed by atoms with Gasteiger partial charge in [0, 0.05) is 11.3 Å². The van der Waals surface area contributed by atoms with Crippen LogP contribution in [-0.4, -0.2) is 13.1 Å². The van der Waals surface area contributed by atoms with Crippen molar-refractivity contribution in [2.75, 3.05) is 13.1 Å². The average Bonchev–Trinajstić information content (AvgIpc) is 2.77. The smallest absolute Gasteiger partial charge is 0.134 e. The van der Waals surface area contributed by atoms with E-state index in [0.29, 0.717) is 5.92 Å². The van der Waals surface area contributed by atoms with Crippen LogP contribution < -0.4 is 5.32 Å². The first-order valence-electron chi connectivity index (χ1n) is 6.91. The van der Waals surface area contributed by atoms with E-state index in [1.165, 1.54) is 17.4 Å². The molecule has 0 aliphatic rings. The third kappa shape index (κ3) is 3.14. The molecule has 0 bridgehead atoms. The fourth-order valence-corrected chi connectivity index (χ4v) is 2.19. The van der Waals surface area contributed by atoms with Crippen LogP contribution in [0.4, 0.5) is 0 Å². The summed E-state index contributed by atoms with van der Waals surface area (Å²) >= 11 is 0. The Balaban J connectivity index is 2.01. The second-order valence-electron chi connectivity index (χ2n) is 5.13. The monoisotopic (exact) mass is 245 g/mol. The molecule has 0 aliphatic carbocycles. The molecule has 0 aliphatic heterocycles. The lowest BCUT2D eigenvalue weighted by Gasteiger charge is -2.08. The lowest BCUT2D eigenvalue weighted by atomic mass is 10.0. The van der Waals surface area contributed by atoms with Gasteiger partial charge in [-0.3, -0.25) is 0 Å². The molecule has 98 valence electrons. The average molecular weight is 245 g/mol. The van der Waals surface area contributed by atoms with E-state index in [1.807, 2.05) is 0 Å². The van der Waals surface area contributed by atoms with Crippen molar-refractivity contribution >= 4 is 11.0 Å². The Kier molecular flexibility index (Phi) is 4.43. The van der Waals surface area contributed by atoms with Crippen LogP contribution in [0, 0.1) is 6.92 Å². The van der Waals surface area contributed by atoms with E-state index >= 15 is 0 Å². The molecule has 1 aromatic carbocycles. The predicted octanol–water partition coefficient (Wildman–Crippen LogP) is 4.23. The molecule has 0 saturated heterocycles. The van der Waals surface area contributed by atoms with Crippen molar-refractivity contribution in [3.05, 3.63) is 35.6 Å². The summed E-state index contributed by atoms with van der Waals surface area (Å²) in [5.74, 6) is 1.58. The highest BCUT2D eigenvalue weighted by Crippen LogP contribution is 2.27.